The second-order valence-electron chi connectivity index (χ2n) is 5.32. The zero-order chi connectivity index (χ0) is 13.3. The molecule has 2 fully saturated rings. The van der Waals surface area contributed by atoms with E-state index < -0.39 is 5.54 Å². The fourth-order valence-electron chi connectivity index (χ4n) is 2.74. The van der Waals surface area contributed by atoms with Gasteiger partial charge in [-0.25, -0.2) is 4.79 Å². The van der Waals surface area contributed by atoms with Crippen LogP contribution in [0.15, 0.2) is 0 Å². The first-order chi connectivity index (χ1) is 8.50. The minimum Gasteiger partial charge on any atom is -0.395 e. The Bertz CT molecular complexity index is 348. The van der Waals surface area contributed by atoms with Crippen molar-refractivity contribution in [2.24, 2.45) is 0 Å². The van der Waals surface area contributed by atoms with Crippen molar-refractivity contribution in [1.29, 1.82) is 0 Å². The highest BCUT2D eigenvalue weighted by molar-refractivity contribution is 6.07. The molecule has 0 aromatic rings. The van der Waals surface area contributed by atoms with Gasteiger partial charge in [0.25, 0.3) is 5.91 Å². The number of carbonyl (C=O) groups is 2. The zero-order valence-corrected chi connectivity index (χ0v) is 11.0. The molecule has 2 rings (SSSR count). The molecule has 6 heteroatoms. The molecule has 2 N–H and O–H groups in total. The van der Waals surface area contributed by atoms with E-state index in [0.29, 0.717) is 18.9 Å². The van der Waals surface area contributed by atoms with Gasteiger partial charge in [-0.1, -0.05) is 0 Å². The minimum atomic E-state index is -0.725. The Morgan fingerprint density at radius 3 is 2.44 bits per heavy atom. The summed E-state index contributed by atoms with van der Waals surface area (Å²) in [6.07, 6.45) is 1.30. The first-order valence-corrected chi connectivity index (χ1v) is 6.49. The second-order valence-corrected chi connectivity index (χ2v) is 5.32. The van der Waals surface area contributed by atoms with Gasteiger partial charge in [-0.2, -0.15) is 0 Å². The molecule has 3 amide bonds. The van der Waals surface area contributed by atoms with Crippen LogP contribution in [0.3, 0.4) is 0 Å². The number of hydrogen-bond acceptors (Lipinski definition) is 4. The van der Waals surface area contributed by atoms with Gasteiger partial charge < -0.3 is 15.3 Å². The Morgan fingerprint density at radius 1 is 1.33 bits per heavy atom. The summed E-state index contributed by atoms with van der Waals surface area (Å²) in [6.45, 7) is 5.79. The molecule has 0 aromatic heterocycles. The van der Waals surface area contributed by atoms with Crippen LogP contribution < -0.4 is 5.32 Å². The number of nitrogens with zero attached hydrogens (tertiary/aromatic N) is 2. The van der Waals surface area contributed by atoms with Crippen molar-refractivity contribution in [3.8, 4) is 0 Å². The number of imide groups is 1. The highest BCUT2D eigenvalue weighted by atomic mass is 16.3. The Hall–Kier alpha value is -1.14. The monoisotopic (exact) mass is 255 g/mol. The smallest absolute Gasteiger partial charge is 0.325 e. The number of amides is 3. The molecule has 0 bridgehead atoms. The molecule has 2 aliphatic heterocycles. The molecule has 2 saturated heterocycles. The Kier molecular flexibility index (Phi) is 3.59. The van der Waals surface area contributed by atoms with Crippen LogP contribution in [0.25, 0.3) is 0 Å². The quantitative estimate of drug-likeness (QED) is 0.684. The van der Waals surface area contributed by atoms with Gasteiger partial charge in [0.2, 0.25) is 0 Å². The summed E-state index contributed by atoms with van der Waals surface area (Å²) >= 11 is 0. The first kappa shape index (κ1) is 13.3. The van der Waals surface area contributed by atoms with E-state index in [9.17, 15) is 9.59 Å². The number of nitrogens with one attached hydrogen (secondary N) is 1. The molecule has 0 saturated carbocycles. The lowest BCUT2D eigenvalue weighted by molar-refractivity contribution is -0.133. The van der Waals surface area contributed by atoms with E-state index in [1.54, 1.807) is 0 Å². The summed E-state index contributed by atoms with van der Waals surface area (Å²) in [7, 11) is 0. The van der Waals surface area contributed by atoms with Gasteiger partial charge in [0.05, 0.1) is 13.2 Å². The molecule has 0 atom stereocenters. The Labute approximate surface area is 107 Å². The standard InChI is InChI=1S/C12H21N3O3/c1-9(2)14-5-3-12(4-6-14)10(17)15(7-8-16)11(18)13-12/h9,16H,3-8H2,1-2H3,(H,13,18). The van der Waals surface area contributed by atoms with Crippen molar-refractivity contribution >= 4 is 11.9 Å². The molecule has 1 spiro atoms. The van der Waals surface area contributed by atoms with Crippen LogP contribution in [0.5, 0.6) is 0 Å². The molecular formula is C12H21N3O3. The van der Waals surface area contributed by atoms with Crippen molar-refractivity contribution in [1.82, 2.24) is 15.1 Å². The van der Waals surface area contributed by atoms with E-state index in [2.05, 4.69) is 24.1 Å². The second kappa shape index (κ2) is 4.85. The molecule has 102 valence electrons. The van der Waals surface area contributed by atoms with Crippen LogP contribution in [0.1, 0.15) is 26.7 Å². The number of urea groups is 1. The molecule has 2 aliphatic rings. The van der Waals surface area contributed by atoms with Crippen LogP contribution >= 0.6 is 0 Å². The minimum absolute atomic E-state index is 0.0836. The summed E-state index contributed by atoms with van der Waals surface area (Å²) in [4.78, 5) is 27.4. The highest BCUT2D eigenvalue weighted by Gasteiger charge is 2.52. The van der Waals surface area contributed by atoms with Crippen LogP contribution in [0.2, 0.25) is 0 Å². The molecule has 6 nitrogen and oxygen atoms in total. The van der Waals surface area contributed by atoms with Crippen LogP contribution in [-0.4, -0.2) is 64.7 Å². The van der Waals surface area contributed by atoms with E-state index in [-0.39, 0.29) is 25.1 Å². The molecule has 0 unspecified atom stereocenters. The molecule has 0 aliphatic carbocycles. The molecular weight excluding hydrogens is 234 g/mol. The maximum absolute atomic E-state index is 12.3. The van der Waals surface area contributed by atoms with E-state index in [0.717, 1.165) is 18.0 Å². The largest absolute Gasteiger partial charge is 0.395 e. The van der Waals surface area contributed by atoms with Crippen LogP contribution in [0, 0.1) is 0 Å². The van der Waals surface area contributed by atoms with Crippen molar-refractivity contribution in [3.05, 3.63) is 0 Å². The third kappa shape index (κ3) is 2.10. The fourth-order valence-corrected chi connectivity index (χ4v) is 2.74. The number of rotatable bonds is 3. The van der Waals surface area contributed by atoms with Gasteiger partial charge in [-0.15, -0.1) is 0 Å². The fraction of sp³-hybridized carbons (Fsp3) is 0.833. The summed E-state index contributed by atoms with van der Waals surface area (Å²) < 4.78 is 0. The van der Waals surface area contributed by atoms with E-state index in [1.165, 1.54) is 0 Å². The molecule has 18 heavy (non-hydrogen) atoms. The van der Waals surface area contributed by atoms with Crippen molar-refractivity contribution in [2.45, 2.75) is 38.3 Å². The van der Waals surface area contributed by atoms with Crippen LogP contribution in [0.4, 0.5) is 4.79 Å². The summed E-state index contributed by atoms with van der Waals surface area (Å²) in [5, 5.41) is 11.7. The van der Waals surface area contributed by atoms with Gasteiger partial charge in [0.1, 0.15) is 5.54 Å². The van der Waals surface area contributed by atoms with Gasteiger partial charge in [0.15, 0.2) is 0 Å². The van der Waals surface area contributed by atoms with Crippen molar-refractivity contribution < 1.29 is 14.7 Å². The number of likely N-dealkylation sites (tertiary alicyclic amines) is 1. The summed E-state index contributed by atoms with van der Waals surface area (Å²) in [5.41, 5.74) is -0.725. The van der Waals surface area contributed by atoms with E-state index in [1.807, 2.05) is 0 Å². The van der Waals surface area contributed by atoms with E-state index in [4.69, 9.17) is 5.11 Å². The third-order valence-electron chi connectivity index (χ3n) is 3.95. The first-order valence-electron chi connectivity index (χ1n) is 6.49. The van der Waals surface area contributed by atoms with Crippen molar-refractivity contribution in [2.75, 3.05) is 26.2 Å². The molecule has 0 radical (unpaired) electrons. The SMILES string of the molecule is CC(C)N1CCC2(CC1)NC(=O)N(CCO)C2=O. The zero-order valence-electron chi connectivity index (χ0n) is 11.0. The predicted octanol–water partition coefficient (Wildman–Crippen LogP) is -0.226. The average molecular weight is 255 g/mol. The van der Waals surface area contributed by atoms with Gasteiger partial charge in [-0.05, 0) is 26.7 Å². The summed E-state index contributed by atoms with van der Waals surface area (Å²) in [6, 6.07) is 0.0927. The normalized spacial score (nSPS) is 24.1. The van der Waals surface area contributed by atoms with Crippen molar-refractivity contribution in [3.63, 3.8) is 0 Å². The van der Waals surface area contributed by atoms with Gasteiger partial charge in [-0.3, -0.25) is 9.69 Å². The lowest BCUT2D eigenvalue weighted by Crippen LogP contribution is -2.56. The number of aliphatic hydroxyl groups excluding tert-OH is 1. The third-order valence-corrected chi connectivity index (χ3v) is 3.95. The predicted molar refractivity (Wildman–Crippen MR) is 66.0 cm³/mol. The lowest BCUT2D eigenvalue weighted by Gasteiger charge is -2.39. The summed E-state index contributed by atoms with van der Waals surface area (Å²) in [5.74, 6) is -0.176. The molecule has 0 aromatic carbocycles. The number of piperidine rings is 1. The maximum atomic E-state index is 12.3. The maximum Gasteiger partial charge on any atom is 0.325 e. The van der Waals surface area contributed by atoms with Gasteiger partial charge >= 0.3 is 6.03 Å². The van der Waals surface area contributed by atoms with Gasteiger partial charge in [0, 0.05) is 19.1 Å². The topological polar surface area (TPSA) is 72.9 Å². The number of hydrogen-bond donors (Lipinski definition) is 2. The average Bonchev–Trinajstić information content (AvgIpc) is 2.55. The number of β-amino-alcohol motifs (C(OH)–C–C–N with tert-alkyl or cyclic N) is 1. The number of aliphatic hydroxyl groups is 1. The Morgan fingerprint density at radius 2 is 1.94 bits per heavy atom. The lowest BCUT2D eigenvalue weighted by atomic mass is 9.87. The van der Waals surface area contributed by atoms with Crippen LogP contribution in [-0.2, 0) is 4.79 Å². The highest BCUT2D eigenvalue weighted by Crippen LogP contribution is 2.29. The molecule has 2 heterocycles. The number of carbonyl (C=O) groups excluding carboxylic acids is 2. The van der Waals surface area contributed by atoms with E-state index >= 15 is 0 Å². The Balaban J connectivity index is 2.06.